The smallest absolute Gasteiger partial charge is 0.189 e. The molecule has 1 aromatic carbocycles. The Hall–Kier alpha value is -2.64. The van der Waals surface area contributed by atoms with E-state index in [2.05, 4.69) is 25.8 Å². The Morgan fingerprint density at radius 3 is 2.83 bits per heavy atom. The Balaban J connectivity index is 1.71. The lowest BCUT2D eigenvalue weighted by atomic mass is 10.3. The Morgan fingerprint density at radius 1 is 1.21 bits per heavy atom. The van der Waals surface area contributed by atoms with E-state index in [1.54, 1.807) is 19.5 Å². The lowest BCUT2D eigenvalue weighted by Crippen LogP contribution is -1.93. The van der Waals surface area contributed by atoms with Crippen LogP contribution in [0, 0.1) is 0 Å². The zero-order valence-corrected chi connectivity index (χ0v) is 14.3. The number of pyridine rings is 1. The van der Waals surface area contributed by atoms with Crippen molar-refractivity contribution in [3.05, 3.63) is 58.7 Å². The summed E-state index contributed by atoms with van der Waals surface area (Å²) in [7, 11) is 1.62. The molecule has 0 radical (unpaired) electrons. The third-order valence-corrected chi connectivity index (χ3v) is 4.29. The van der Waals surface area contributed by atoms with E-state index >= 15 is 0 Å². The van der Waals surface area contributed by atoms with E-state index in [4.69, 9.17) is 16.3 Å². The fourth-order valence-electron chi connectivity index (χ4n) is 1.90. The van der Waals surface area contributed by atoms with Crippen LogP contribution in [-0.2, 0) is 0 Å². The van der Waals surface area contributed by atoms with Crippen molar-refractivity contribution >= 4 is 45.8 Å². The van der Waals surface area contributed by atoms with Crippen molar-refractivity contribution in [2.24, 2.45) is 5.10 Å². The fourth-order valence-corrected chi connectivity index (χ4v) is 2.94. The van der Waals surface area contributed by atoms with Crippen LogP contribution in [0.25, 0.3) is 0 Å². The number of anilines is 3. The molecule has 6 nitrogen and oxygen atoms in total. The van der Waals surface area contributed by atoms with E-state index < -0.39 is 0 Å². The molecule has 0 saturated carbocycles. The summed E-state index contributed by atoms with van der Waals surface area (Å²) < 4.78 is 5.31. The predicted octanol–water partition coefficient (Wildman–Crippen LogP) is 4.39. The van der Waals surface area contributed by atoms with Gasteiger partial charge in [0.2, 0.25) is 0 Å². The summed E-state index contributed by atoms with van der Waals surface area (Å²) in [6.45, 7) is 0. The molecule has 2 heterocycles. The molecule has 3 rings (SSSR count). The first-order valence-corrected chi connectivity index (χ1v) is 8.22. The molecule has 2 N–H and O–H groups in total. The fraction of sp³-hybridized carbons (Fsp3) is 0.0625. The Kier molecular flexibility index (Phi) is 5.25. The lowest BCUT2D eigenvalue weighted by Gasteiger charge is -2.07. The third kappa shape index (κ3) is 4.01. The lowest BCUT2D eigenvalue weighted by molar-refractivity contribution is 0.417. The average Bonchev–Trinajstić information content (AvgIpc) is 2.96. The number of thiazole rings is 1. The summed E-state index contributed by atoms with van der Waals surface area (Å²) >= 11 is 7.55. The minimum atomic E-state index is 0.379. The van der Waals surface area contributed by atoms with Gasteiger partial charge >= 0.3 is 0 Å². The number of hydrogen-bond donors (Lipinski definition) is 2. The van der Waals surface area contributed by atoms with Crippen LogP contribution in [0.5, 0.6) is 5.75 Å². The molecule has 24 heavy (non-hydrogen) atoms. The second-order valence-electron chi connectivity index (χ2n) is 4.58. The van der Waals surface area contributed by atoms with E-state index in [0.717, 1.165) is 16.3 Å². The Bertz CT molecular complexity index is 837. The van der Waals surface area contributed by atoms with Crippen molar-refractivity contribution in [1.82, 2.24) is 9.97 Å². The number of halogens is 1. The number of aromatic nitrogens is 2. The average molecular weight is 360 g/mol. The monoisotopic (exact) mass is 359 g/mol. The Morgan fingerprint density at radius 2 is 2.04 bits per heavy atom. The van der Waals surface area contributed by atoms with Gasteiger partial charge in [-0.15, -0.1) is 0 Å². The van der Waals surface area contributed by atoms with E-state index in [1.807, 2.05) is 42.5 Å². The molecule has 0 aliphatic carbocycles. The quantitative estimate of drug-likeness (QED) is 0.504. The highest BCUT2D eigenvalue weighted by molar-refractivity contribution is 7.17. The number of rotatable bonds is 6. The molecule has 0 spiro atoms. The standard InChI is InChI=1S/C16H14ClN5OS/c1-23-12-7-3-2-6-11(12)20-16-21-15(17)13(24-16)10-19-22-14-8-4-5-9-18-14/h2-10H,1H3,(H,18,22)(H,20,21)/b19-10+. The van der Waals surface area contributed by atoms with Crippen molar-refractivity contribution in [3.8, 4) is 5.75 Å². The highest BCUT2D eigenvalue weighted by atomic mass is 35.5. The van der Waals surface area contributed by atoms with Gasteiger partial charge in [-0.2, -0.15) is 5.10 Å². The van der Waals surface area contributed by atoms with Crippen LogP contribution in [-0.4, -0.2) is 23.3 Å². The number of nitrogens with one attached hydrogen (secondary N) is 2. The SMILES string of the molecule is COc1ccccc1Nc1nc(Cl)c(/C=N/Nc2ccccn2)s1. The van der Waals surface area contributed by atoms with Crippen LogP contribution in [0.15, 0.2) is 53.8 Å². The number of nitrogens with zero attached hydrogens (tertiary/aromatic N) is 3. The Labute approximate surface area is 148 Å². The normalized spacial score (nSPS) is 10.8. The largest absolute Gasteiger partial charge is 0.495 e. The van der Waals surface area contributed by atoms with Gasteiger partial charge < -0.3 is 10.1 Å². The molecule has 0 fully saturated rings. The van der Waals surface area contributed by atoms with Crippen LogP contribution in [0.2, 0.25) is 5.15 Å². The predicted molar refractivity (Wildman–Crippen MR) is 98.9 cm³/mol. The second-order valence-corrected chi connectivity index (χ2v) is 5.97. The molecular formula is C16H14ClN5OS. The second kappa shape index (κ2) is 7.76. The topological polar surface area (TPSA) is 71.4 Å². The molecule has 0 amide bonds. The number of hydrogen-bond acceptors (Lipinski definition) is 7. The number of methoxy groups -OCH3 is 1. The number of hydrazone groups is 1. The summed E-state index contributed by atoms with van der Waals surface area (Å²) in [4.78, 5) is 9.14. The van der Waals surface area contributed by atoms with Crippen LogP contribution in [0.1, 0.15) is 4.88 Å². The highest BCUT2D eigenvalue weighted by Gasteiger charge is 2.09. The zero-order chi connectivity index (χ0) is 16.8. The molecule has 0 bridgehead atoms. The molecular weight excluding hydrogens is 346 g/mol. The van der Waals surface area contributed by atoms with Crippen molar-refractivity contribution in [2.45, 2.75) is 0 Å². The maximum Gasteiger partial charge on any atom is 0.189 e. The van der Waals surface area contributed by atoms with Crippen LogP contribution < -0.4 is 15.5 Å². The van der Waals surface area contributed by atoms with Crippen LogP contribution in [0.3, 0.4) is 0 Å². The summed E-state index contributed by atoms with van der Waals surface area (Å²) in [6.07, 6.45) is 3.30. The van der Waals surface area contributed by atoms with E-state index in [-0.39, 0.29) is 0 Å². The first-order valence-electron chi connectivity index (χ1n) is 7.03. The van der Waals surface area contributed by atoms with E-state index in [9.17, 15) is 0 Å². The summed E-state index contributed by atoms with van der Waals surface area (Å²) in [6, 6.07) is 13.1. The molecule has 0 atom stereocenters. The van der Waals surface area contributed by atoms with Gasteiger partial charge in [0.15, 0.2) is 10.3 Å². The maximum absolute atomic E-state index is 6.16. The highest BCUT2D eigenvalue weighted by Crippen LogP contribution is 2.31. The van der Waals surface area contributed by atoms with Crippen molar-refractivity contribution in [1.29, 1.82) is 0 Å². The summed E-state index contributed by atoms with van der Waals surface area (Å²) in [5.41, 5.74) is 3.66. The molecule has 122 valence electrons. The van der Waals surface area contributed by atoms with Crippen LogP contribution in [0.4, 0.5) is 16.6 Å². The zero-order valence-electron chi connectivity index (χ0n) is 12.7. The van der Waals surface area contributed by atoms with E-state index in [1.165, 1.54) is 11.3 Å². The number of ether oxygens (including phenoxy) is 1. The first kappa shape index (κ1) is 16.2. The van der Waals surface area contributed by atoms with Gasteiger partial charge in [0, 0.05) is 6.20 Å². The maximum atomic E-state index is 6.16. The summed E-state index contributed by atoms with van der Waals surface area (Å²) in [5.74, 6) is 1.39. The minimum absolute atomic E-state index is 0.379. The molecule has 0 saturated heterocycles. The van der Waals surface area contributed by atoms with Gasteiger partial charge in [-0.05, 0) is 24.3 Å². The molecule has 3 aromatic rings. The van der Waals surface area contributed by atoms with Gasteiger partial charge in [0.05, 0.1) is 23.9 Å². The number of para-hydroxylation sites is 2. The van der Waals surface area contributed by atoms with Gasteiger partial charge in [-0.3, -0.25) is 5.43 Å². The first-order chi connectivity index (χ1) is 11.8. The molecule has 0 aliphatic heterocycles. The molecule has 0 aliphatic rings. The van der Waals surface area contributed by atoms with Gasteiger partial charge in [-0.25, -0.2) is 9.97 Å². The van der Waals surface area contributed by atoms with Crippen molar-refractivity contribution in [2.75, 3.05) is 17.9 Å². The third-order valence-electron chi connectivity index (χ3n) is 2.98. The van der Waals surface area contributed by atoms with Crippen LogP contribution >= 0.6 is 22.9 Å². The van der Waals surface area contributed by atoms with Gasteiger partial charge in [0.1, 0.15) is 11.6 Å². The summed E-state index contributed by atoms with van der Waals surface area (Å²) in [5, 5.41) is 8.35. The molecule has 2 aromatic heterocycles. The van der Waals surface area contributed by atoms with Crippen molar-refractivity contribution in [3.63, 3.8) is 0 Å². The van der Waals surface area contributed by atoms with Gasteiger partial charge in [0.25, 0.3) is 0 Å². The van der Waals surface area contributed by atoms with Gasteiger partial charge in [-0.1, -0.05) is 41.1 Å². The van der Waals surface area contributed by atoms with E-state index in [0.29, 0.717) is 16.1 Å². The van der Waals surface area contributed by atoms with Crippen molar-refractivity contribution < 1.29 is 4.74 Å². The number of benzene rings is 1. The molecule has 8 heteroatoms. The minimum Gasteiger partial charge on any atom is -0.495 e. The molecule has 0 unspecified atom stereocenters.